The third-order valence-corrected chi connectivity index (χ3v) is 19.4. The van der Waals surface area contributed by atoms with Gasteiger partial charge in [0.15, 0.2) is 5.78 Å². The number of amides is 2. The van der Waals surface area contributed by atoms with Gasteiger partial charge in [-0.1, -0.05) is 71.1 Å². The predicted octanol–water partition coefficient (Wildman–Crippen LogP) is 7.13. The molecule has 0 spiro atoms. The first-order valence-corrected chi connectivity index (χ1v) is 33.2. The van der Waals surface area contributed by atoms with Gasteiger partial charge in [-0.15, -0.1) is 0 Å². The molecular formula is C69H105N5O18. The largest absolute Gasteiger partial charge is 0.480 e. The number of carboxylic acids is 1. The van der Waals surface area contributed by atoms with Gasteiger partial charge in [0.25, 0.3) is 11.7 Å². The summed E-state index contributed by atoms with van der Waals surface area (Å²) in [6.45, 7) is 16.2. The summed E-state index contributed by atoms with van der Waals surface area (Å²) in [4.78, 5) is 110. The topological polar surface area (TPSA) is 290 Å². The summed E-state index contributed by atoms with van der Waals surface area (Å²) in [5.74, 6) is -8.92. The molecule has 6 rings (SSSR count). The zero-order chi connectivity index (χ0) is 67.4. The van der Waals surface area contributed by atoms with E-state index in [0.717, 1.165) is 5.57 Å². The second-order valence-electron chi connectivity index (χ2n) is 26.2. The molecule has 0 unspecified atom stereocenters. The van der Waals surface area contributed by atoms with Crippen LogP contribution in [0.3, 0.4) is 0 Å². The Morgan fingerprint density at radius 1 is 0.804 bits per heavy atom. The van der Waals surface area contributed by atoms with Gasteiger partial charge in [-0.2, -0.15) is 0 Å². The Kier molecular flexibility index (Phi) is 29.6. The molecule has 2 amide bonds. The number of carboxylic acid groups (broad SMARTS) is 1. The molecule has 23 heteroatoms. The maximum Gasteiger partial charge on any atom is 0.329 e. The third kappa shape index (κ3) is 20.4. The Labute approximate surface area is 544 Å². The van der Waals surface area contributed by atoms with E-state index >= 15 is 0 Å². The van der Waals surface area contributed by atoms with Crippen LogP contribution < -0.4 is 4.90 Å². The fourth-order valence-electron chi connectivity index (χ4n) is 13.7. The average Bonchev–Trinajstić information content (AvgIpc) is 0.808. The number of rotatable bonds is 17. The number of piperidine rings is 1. The Morgan fingerprint density at radius 3 is 2.21 bits per heavy atom. The molecule has 4 aliphatic heterocycles. The number of ether oxygens (including phenoxy) is 8. The number of hydrogen-bond acceptors (Lipinski definition) is 20. The van der Waals surface area contributed by atoms with Gasteiger partial charge >= 0.3 is 17.9 Å². The standard InChI is InChI=1S/C69H105N5O18/c1-13-89-32-28-59(75)73-31-30-72(41-53(73)66(81)82)68-70-39-50(40-71-68)24-27-60(76)90-54-26-23-49(36-58(54)87-11)35-45(5)57-38-56(86-10)44(4)34-47(7)62(78)63(88-12)61(77)46(6)33-42(2)19-15-14-16-20-43(3)55(85-9)37-51-25-22-48(8)69(84,92-51)64(79)65(80)74-29-18-17-21-52(74)67(83)91-57/h14-16,19-20,34,39-40,42,44-46,48-49,51-58,62-63,78,84H,13,17-18,21-33,35-38,41H2,1-12H3,(H,81,82)/b16-14+,19-15+,43-20+,47-34+/t42-,44-,45-,46-,48-,49+,51+,52+,53-,54-,55+,56-,57+,58-,62-,63+,69-/m1/s1. The fraction of sp³-hybridized carbons (Fsp3) is 0.725. The Bertz CT molecular complexity index is 2740. The molecule has 17 atom stereocenters. The Balaban J connectivity index is 1.17. The van der Waals surface area contributed by atoms with Crippen LogP contribution >= 0.6 is 0 Å². The van der Waals surface area contributed by atoms with E-state index in [1.807, 2.05) is 78.0 Å². The highest BCUT2D eigenvalue weighted by Gasteiger charge is 2.53. The highest BCUT2D eigenvalue weighted by atomic mass is 16.6. The first-order chi connectivity index (χ1) is 43.9. The molecule has 1 aromatic rings. The fourth-order valence-corrected chi connectivity index (χ4v) is 13.7. The quantitative estimate of drug-likeness (QED) is 0.0605. The number of aliphatic hydroxyl groups excluding tert-OH is 1. The number of methoxy groups -OCH3 is 4. The van der Waals surface area contributed by atoms with Crippen LogP contribution in [0.1, 0.15) is 151 Å². The van der Waals surface area contributed by atoms with Crippen molar-refractivity contribution in [2.45, 2.75) is 218 Å². The van der Waals surface area contributed by atoms with Gasteiger partial charge < -0.3 is 67.9 Å². The van der Waals surface area contributed by atoms with Gasteiger partial charge in [0, 0.05) is 104 Å². The zero-order valence-corrected chi connectivity index (χ0v) is 56.4. The van der Waals surface area contributed by atoms with Gasteiger partial charge in [0.05, 0.1) is 44.0 Å². The number of carbonyl (C=O) groups is 7. The molecule has 92 heavy (non-hydrogen) atoms. The summed E-state index contributed by atoms with van der Waals surface area (Å²) in [7, 11) is 6.13. The van der Waals surface area contributed by atoms with E-state index in [9.17, 15) is 48.9 Å². The van der Waals surface area contributed by atoms with E-state index in [1.165, 1.54) is 16.9 Å². The summed E-state index contributed by atoms with van der Waals surface area (Å²) in [5.41, 5.74) is 2.04. The number of aryl methyl sites for hydroxylation is 1. The number of nitrogens with zero attached hydrogens (tertiary/aromatic N) is 5. The van der Waals surface area contributed by atoms with E-state index < -0.39 is 114 Å². The maximum absolute atomic E-state index is 14.9. The summed E-state index contributed by atoms with van der Waals surface area (Å²) in [5, 5.41) is 33.9. The molecule has 1 aromatic heterocycles. The number of allylic oxidation sites excluding steroid dienone is 5. The lowest BCUT2D eigenvalue weighted by atomic mass is 9.78. The van der Waals surface area contributed by atoms with Gasteiger partial charge in [-0.25, -0.2) is 19.6 Å². The van der Waals surface area contributed by atoms with E-state index in [2.05, 4.69) is 9.97 Å². The van der Waals surface area contributed by atoms with Crippen molar-refractivity contribution in [2.75, 3.05) is 72.7 Å². The minimum absolute atomic E-state index is 0.00857. The molecule has 514 valence electrons. The van der Waals surface area contributed by atoms with Gasteiger partial charge in [0.1, 0.15) is 36.5 Å². The van der Waals surface area contributed by atoms with Crippen molar-refractivity contribution in [1.82, 2.24) is 19.8 Å². The second kappa shape index (κ2) is 36.2. The number of aromatic nitrogens is 2. The first kappa shape index (κ1) is 75.2. The van der Waals surface area contributed by atoms with Crippen LogP contribution in [0.15, 0.2) is 60.0 Å². The molecule has 1 aliphatic carbocycles. The Morgan fingerprint density at radius 2 is 1.53 bits per heavy atom. The van der Waals surface area contributed by atoms with Crippen molar-refractivity contribution in [2.24, 2.45) is 35.5 Å². The highest BCUT2D eigenvalue weighted by Crippen LogP contribution is 2.39. The van der Waals surface area contributed by atoms with Crippen molar-refractivity contribution >= 4 is 47.2 Å². The van der Waals surface area contributed by atoms with Gasteiger partial charge in [0.2, 0.25) is 17.6 Å². The van der Waals surface area contributed by atoms with Gasteiger partial charge in [-0.3, -0.25) is 24.0 Å². The van der Waals surface area contributed by atoms with Crippen molar-refractivity contribution < 1.29 is 86.8 Å². The molecule has 2 bridgehead atoms. The van der Waals surface area contributed by atoms with Crippen molar-refractivity contribution in [3.05, 3.63) is 65.6 Å². The van der Waals surface area contributed by atoms with E-state index in [1.54, 1.807) is 52.5 Å². The minimum atomic E-state index is -2.46. The van der Waals surface area contributed by atoms with E-state index in [-0.39, 0.29) is 87.8 Å². The van der Waals surface area contributed by atoms with Crippen LogP contribution in [0.2, 0.25) is 0 Å². The van der Waals surface area contributed by atoms with Crippen LogP contribution in [0.5, 0.6) is 0 Å². The monoisotopic (exact) mass is 1290 g/mol. The smallest absolute Gasteiger partial charge is 0.329 e. The van der Waals surface area contributed by atoms with Crippen LogP contribution in [-0.4, -0.2) is 211 Å². The molecule has 23 nitrogen and oxygen atoms in total. The number of cyclic esters (lactones) is 1. The van der Waals surface area contributed by atoms with Crippen molar-refractivity contribution in [3.63, 3.8) is 0 Å². The molecule has 3 saturated heterocycles. The number of ketones is 2. The normalized spacial score (nSPS) is 34.5. The summed E-state index contributed by atoms with van der Waals surface area (Å²) in [6, 6.07) is -2.22. The highest BCUT2D eigenvalue weighted by molar-refractivity contribution is 6.39. The molecular weight excluding hydrogens is 1190 g/mol. The number of piperazine rings is 1. The number of esters is 2. The maximum atomic E-state index is 14.9. The lowest BCUT2D eigenvalue weighted by molar-refractivity contribution is -0.265. The molecule has 0 radical (unpaired) electrons. The third-order valence-electron chi connectivity index (χ3n) is 19.4. The van der Waals surface area contributed by atoms with Crippen LogP contribution in [0.4, 0.5) is 5.95 Å². The molecule has 5 aliphatic rings. The predicted molar refractivity (Wildman–Crippen MR) is 342 cm³/mol. The molecule has 4 fully saturated rings. The van der Waals surface area contributed by atoms with Gasteiger partial charge in [-0.05, 0) is 126 Å². The van der Waals surface area contributed by atoms with Crippen LogP contribution in [0, 0.1) is 35.5 Å². The number of Topliss-reactive ketones (excluding diaryl/α,β-unsaturated/α-hetero) is 2. The Hall–Kier alpha value is -5.79. The number of hydrogen-bond donors (Lipinski definition) is 3. The number of fused-ring (bicyclic) bond motifs is 3. The lowest BCUT2D eigenvalue weighted by Gasteiger charge is -2.43. The van der Waals surface area contributed by atoms with Crippen LogP contribution in [0.25, 0.3) is 0 Å². The number of aliphatic hydroxyl groups is 2. The molecule has 3 N–H and O–H groups in total. The molecule has 0 aromatic carbocycles. The van der Waals surface area contributed by atoms with Crippen molar-refractivity contribution in [1.29, 1.82) is 0 Å². The zero-order valence-electron chi connectivity index (χ0n) is 56.4. The van der Waals surface area contributed by atoms with E-state index in [0.29, 0.717) is 94.4 Å². The second-order valence-corrected chi connectivity index (χ2v) is 26.2. The number of aliphatic carboxylic acids is 1. The minimum Gasteiger partial charge on any atom is -0.480 e. The first-order valence-electron chi connectivity index (χ1n) is 33.2. The summed E-state index contributed by atoms with van der Waals surface area (Å²) in [6.07, 6.45) is 14.7. The van der Waals surface area contributed by atoms with E-state index in [4.69, 9.17) is 37.9 Å². The SMILES string of the molecule is CCOCCC(=O)N1CCN(c2ncc(CCC(=O)O[C@@H]3CC[C@@H](C[C@@H](C)[C@@H]4C[C@@H](OC)[C@H](C)/C=C(\C)[C@@H](O)[C@@H](OC)C(=O)[C@H](C)C[C@H](C)/C=C/C=C/C=C(\C)[C@@H](OC)C[C@@H]5CC[C@@H](C)[C@@](O)(O5)C(=O)C(=O)N5CCCC[C@H]5C(=O)O4)C[C@H]3OC)cn2)C[C@@H]1C(=O)O. The number of anilines is 1. The molecule has 1 saturated carbocycles. The summed E-state index contributed by atoms with van der Waals surface area (Å²) < 4.78 is 47.9. The van der Waals surface area contributed by atoms with Crippen LogP contribution in [-0.2, 0) is 77.9 Å². The van der Waals surface area contributed by atoms with Crippen molar-refractivity contribution in [3.8, 4) is 0 Å². The number of carbonyl (C=O) groups excluding carboxylic acids is 6. The lowest BCUT2D eigenvalue weighted by Crippen LogP contribution is -2.61. The average molecular weight is 1290 g/mol. The molecule has 5 heterocycles. The summed E-state index contributed by atoms with van der Waals surface area (Å²) >= 11 is 0.